The molecule has 3 atom stereocenters. The first-order valence-corrected chi connectivity index (χ1v) is 9.78. The highest BCUT2D eigenvalue weighted by atomic mass is 35.5. The third-order valence-corrected chi connectivity index (χ3v) is 5.64. The van der Waals surface area contributed by atoms with Gasteiger partial charge < -0.3 is 10.6 Å². The first-order valence-electron chi connectivity index (χ1n) is 9.40. The minimum Gasteiger partial charge on any atom is -0.356 e. The van der Waals surface area contributed by atoms with Gasteiger partial charge in [0.15, 0.2) is 0 Å². The van der Waals surface area contributed by atoms with Gasteiger partial charge in [0.2, 0.25) is 0 Å². The van der Waals surface area contributed by atoms with Crippen LogP contribution in [0.5, 0.6) is 0 Å². The Labute approximate surface area is 170 Å². The molecule has 1 aliphatic heterocycles. The number of benzene rings is 2. The molecule has 2 N–H and O–H groups in total. The van der Waals surface area contributed by atoms with Crippen LogP contribution in [0.2, 0.25) is 5.02 Å². The van der Waals surface area contributed by atoms with E-state index < -0.39 is 0 Å². The minimum absolute atomic E-state index is 0.104. The van der Waals surface area contributed by atoms with Crippen molar-refractivity contribution in [1.82, 2.24) is 9.80 Å². The normalized spacial score (nSPS) is 21.5. The maximum atomic E-state index is 13.2. The van der Waals surface area contributed by atoms with Crippen molar-refractivity contribution in [2.24, 2.45) is 5.73 Å². The number of rotatable bonds is 5. The summed E-state index contributed by atoms with van der Waals surface area (Å²) < 4.78 is 13.2. The summed E-state index contributed by atoms with van der Waals surface area (Å²) >= 11 is 5.96. The second kappa shape index (κ2) is 8.89. The fourth-order valence-corrected chi connectivity index (χ4v) is 3.84. The molecule has 0 amide bonds. The summed E-state index contributed by atoms with van der Waals surface area (Å²) in [5.74, 6) is 1.87. The quantitative estimate of drug-likeness (QED) is 0.774. The van der Waals surface area contributed by atoms with E-state index in [9.17, 15) is 9.18 Å². The molecular weight excluding hydrogens is 377 g/mol. The summed E-state index contributed by atoms with van der Waals surface area (Å²) in [7, 11) is 0. The van der Waals surface area contributed by atoms with Crippen molar-refractivity contribution >= 4 is 17.5 Å². The summed E-state index contributed by atoms with van der Waals surface area (Å²) in [5.41, 5.74) is 8.97. The van der Waals surface area contributed by atoms with Gasteiger partial charge in [-0.2, -0.15) is 0 Å². The Bertz CT molecular complexity index is 849. The molecule has 0 saturated carbocycles. The van der Waals surface area contributed by atoms with Crippen LogP contribution in [0.1, 0.15) is 31.0 Å². The summed E-state index contributed by atoms with van der Waals surface area (Å²) in [6.45, 7) is 6.02. The van der Waals surface area contributed by atoms with Crippen molar-refractivity contribution in [2.75, 3.05) is 13.1 Å². The van der Waals surface area contributed by atoms with Crippen LogP contribution in [0.4, 0.5) is 4.39 Å². The lowest BCUT2D eigenvalue weighted by molar-refractivity contribution is 0.0786. The highest BCUT2D eigenvalue weighted by Gasteiger charge is 2.34. The maximum Gasteiger partial charge on any atom is 0.147 e. The minimum atomic E-state index is -0.266. The molecule has 2 aromatic rings. The Hall–Kier alpha value is -2.17. The lowest BCUT2D eigenvalue weighted by Gasteiger charge is -2.46. The fourth-order valence-electron chi connectivity index (χ4n) is 3.72. The van der Waals surface area contributed by atoms with E-state index >= 15 is 0 Å². The third kappa shape index (κ3) is 4.62. The summed E-state index contributed by atoms with van der Waals surface area (Å²) in [5, 5.41) is 0.679. The summed E-state index contributed by atoms with van der Waals surface area (Å²) in [6.07, 6.45) is 0. The van der Waals surface area contributed by atoms with Crippen LogP contribution in [0.25, 0.3) is 0 Å². The molecule has 0 aliphatic carbocycles. The molecular formula is C22H25ClFN3O. The number of nitrogens with zero attached hydrogens (tertiary/aromatic N) is 2. The molecule has 6 heteroatoms. The van der Waals surface area contributed by atoms with E-state index in [4.69, 9.17) is 17.3 Å². The van der Waals surface area contributed by atoms with Gasteiger partial charge in [0.25, 0.3) is 0 Å². The van der Waals surface area contributed by atoms with Crippen LogP contribution >= 0.6 is 11.6 Å². The van der Waals surface area contributed by atoms with Gasteiger partial charge in [-0.3, -0.25) is 4.90 Å². The first-order chi connectivity index (χ1) is 13.4. The van der Waals surface area contributed by atoms with Crippen LogP contribution < -0.4 is 5.73 Å². The molecule has 1 fully saturated rings. The average molecular weight is 402 g/mol. The highest BCUT2D eigenvalue weighted by Crippen LogP contribution is 2.27. The van der Waals surface area contributed by atoms with Crippen LogP contribution in [0, 0.1) is 5.82 Å². The Balaban J connectivity index is 1.72. The van der Waals surface area contributed by atoms with E-state index in [-0.39, 0.29) is 23.9 Å². The summed E-state index contributed by atoms with van der Waals surface area (Å²) in [4.78, 5) is 16.0. The molecule has 148 valence electrons. The fraction of sp³-hybridized carbons (Fsp3) is 0.364. The molecule has 28 heavy (non-hydrogen) atoms. The molecule has 3 rings (SSSR count). The van der Waals surface area contributed by atoms with Gasteiger partial charge in [-0.1, -0.05) is 35.9 Å². The van der Waals surface area contributed by atoms with Crippen molar-refractivity contribution in [3.63, 3.8) is 0 Å². The van der Waals surface area contributed by atoms with Gasteiger partial charge in [0, 0.05) is 36.7 Å². The average Bonchev–Trinajstić information content (AvgIpc) is 2.68. The second-order valence-corrected chi connectivity index (χ2v) is 7.82. The number of hydrogen-bond acceptors (Lipinski definition) is 4. The molecule has 0 aromatic heterocycles. The Kier molecular flexibility index (Phi) is 6.53. The molecule has 1 aliphatic rings. The largest absolute Gasteiger partial charge is 0.356 e. The van der Waals surface area contributed by atoms with Crippen LogP contribution in [0.15, 0.2) is 54.2 Å². The number of hydrogen-bond donors (Lipinski definition) is 1. The smallest absolute Gasteiger partial charge is 0.147 e. The Morgan fingerprint density at radius 3 is 2.43 bits per heavy atom. The van der Waals surface area contributed by atoms with Crippen molar-refractivity contribution in [3.05, 3.63) is 76.2 Å². The van der Waals surface area contributed by atoms with Crippen molar-refractivity contribution < 1.29 is 9.18 Å². The zero-order valence-corrected chi connectivity index (χ0v) is 16.9. The molecule has 1 unspecified atom stereocenters. The number of carbonyl (C=O) groups excluding carboxylic acids is 1. The monoisotopic (exact) mass is 401 g/mol. The number of halogens is 2. The van der Waals surface area contributed by atoms with Gasteiger partial charge in [0.1, 0.15) is 17.5 Å². The molecule has 1 saturated heterocycles. The first kappa shape index (κ1) is 20.6. The van der Waals surface area contributed by atoms with Gasteiger partial charge in [-0.25, -0.2) is 9.18 Å². The van der Waals surface area contributed by atoms with Crippen molar-refractivity contribution in [1.29, 1.82) is 0 Å². The highest BCUT2D eigenvalue weighted by molar-refractivity contribution is 6.30. The molecule has 0 radical (unpaired) electrons. The van der Waals surface area contributed by atoms with E-state index in [0.29, 0.717) is 23.8 Å². The van der Waals surface area contributed by atoms with Gasteiger partial charge in [0.05, 0.1) is 6.04 Å². The molecule has 0 bridgehead atoms. The molecule has 4 nitrogen and oxygen atoms in total. The molecule has 0 spiro atoms. The number of nitrogens with two attached hydrogens (primary N) is 1. The summed E-state index contributed by atoms with van der Waals surface area (Å²) in [6, 6.07) is 13.7. The predicted octanol–water partition coefficient (Wildman–Crippen LogP) is 3.79. The van der Waals surface area contributed by atoms with Crippen molar-refractivity contribution in [3.8, 4) is 0 Å². The van der Waals surface area contributed by atoms with E-state index in [2.05, 4.69) is 22.7 Å². The maximum absolute atomic E-state index is 13.2. The topological polar surface area (TPSA) is 49.6 Å². The van der Waals surface area contributed by atoms with E-state index in [1.807, 2.05) is 31.2 Å². The zero-order chi connectivity index (χ0) is 20.3. The Morgan fingerprint density at radius 2 is 1.82 bits per heavy atom. The van der Waals surface area contributed by atoms with Crippen LogP contribution in [-0.2, 0) is 11.3 Å². The second-order valence-electron chi connectivity index (χ2n) is 7.38. The number of piperazine rings is 1. The van der Waals surface area contributed by atoms with E-state index in [1.165, 1.54) is 12.1 Å². The lowest BCUT2D eigenvalue weighted by atomic mass is 10.0. The lowest BCUT2D eigenvalue weighted by Crippen LogP contribution is -2.55. The van der Waals surface area contributed by atoms with Gasteiger partial charge in [-0.05, 0) is 49.2 Å². The van der Waals surface area contributed by atoms with Gasteiger partial charge in [-0.15, -0.1) is 0 Å². The van der Waals surface area contributed by atoms with Crippen LogP contribution in [0.3, 0.4) is 0 Å². The van der Waals surface area contributed by atoms with E-state index in [1.54, 1.807) is 12.1 Å². The third-order valence-electron chi connectivity index (χ3n) is 5.38. The molecule has 1 heterocycles. The predicted molar refractivity (Wildman–Crippen MR) is 110 cm³/mol. The van der Waals surface area contributed by atoms with Crippen LogP contribution in [-0.4, -0.2) is 40.9 Å². The SMILES string of the molecule is C[C@@H]1CN(CC(N)c2ccc(Cl)cc2)[C@@H](C)C(=C=O)N1Cc1ccc(F)cc1. The molecule has 2 aromatic carbocycles. The zero-order valence-electron chi connectivity index (χ0n) is 16.1. The van der Waals surface area contributed by atoms with Gasteiger partial charge >= 0.3 is 0 Å². The van der Waals surface area contributed by atoms with Crippen molar-refractivity contribution in [2.45, 2.75) is 38.5 Å². The van der Waals surface area contributed by atoms with E-state index in [0.717, 1.165) is 17.7 Å². The standard InChI is InChI=1S/C22H25ClFN3O/c1-15-11-26(13-21(25)18-5-7-19(23)8-6-18)16(2)22(14-28)27(15)12-17-3-9-20(24)10-4-17/h3-10,15-16,21H,11-13,25H2,1-2H3/t15-,16+,21?/m1/s1. The Morgan fingerprint density at radius 1 is 1.18 bits per heavy atom.